The Morgan fingerprint density at radius 2 is 1.81 bits per heavy atom. The number of likely N-dealkylation sites (tertiary alicyclic amines) is 1. The van der Waals surface area contributed by atoms with Gasteiger partial charge >= 0.3 is 6.03 Å². The first-order valence-electron chi connectivity index (χ1n) is 11.0. The van der Waals surface area contributed by atoms with Crippen molar-refractivity contribution in [2.75, 3.05) is 39.4 Å². The van der Waals surface area contributed by atoms with Crippen LogP contribution < -0.4 is 0 Å². The van der Waals surface area contributed by atoms with Gasteiger partial charge in [0.2, 0.25) is 0 Å². The summed E-state index contributed by atoms with van der Waals surface area (Å²) in [5, 5.41) is 6.46. The van der Waals surface area contributed by atoms with Crippen LogP contribution in [0.25, 0.3) is 22.3 Å². The normalized spacial score (nSPS) is 20.5. The summed E-state index contributed by atoms with van der Waals surface area (Å²) in [5.74, 6) is 0. The highest BCUT2D eigenvalue weighted by molar-refractivity contribution is 6.35. The van der Waals surface area contributed by atoms with Crippen molar-refractivity contribution in [3.05, 3.63) is 35.2 Å². The van der Waals surface area contributed by atoms with Crippen molar-refractivity contribution in [1.82, 2.24) is 29.5 Å². The third-order valence-electron chi connectivity index (χ3n) is 7.17. The van der Waals surface area contributed by atoms with Crippen molar-refractivity contribution < 1.29 is 9.53 Å². The molecule has 0 radical (unpaired) electrons. The van der Waals surface area contributed by atoms with E-state index in [4.69, 9.17) is 21.4 Å². The molecule has 162 valence electrons. The number of nitrogens with zero attached hydrogens (tertiary/aromatic N) is 5. The molecule has 3 aromatic rings. The van der Waals surface area contributed by atoms with Gasteiger partial charge in [-0.05, 0) is 31.4 Å². The molecule has 2 fully saturated rings. The number of rotatable bonds is 1. The fraction of sp³-hybridized carbons (Fsp3) is 0.500. The van der Waals surface area contributed by atoms with Crippen molar-refractivity contribution >= 4 is 28.7 Å². The number of carbonyl (C=O) groups excluding carboxylic acids is 1. The molecule has 0 atom stereocenters. The minimum Gasteiger partial charge on any atom is -0.378 e. The van der Waals surface area contributed by atoms with Gasteiger partial charge in [0, 0.05) is 67.2 Å². The van der Waals surface area contributed by atoms with Gasteiger partial charge in [-0.1, -0.05) is 11.6 Å². The molecule has 0 aromatic carbocycles. The first-order chi connectivity index (χ1) is 15.1. The molecule has 2 saturated heterocycles. The van der Waals surface area contributed by atoms with Crippen LogP contribution in [0.4, 0.5) is 4.79 Å². The Hall–Kier alpha value is -2.58. The molecule has 2 amide bonds. The van der Waals surface area contributed by atoms with E-state index in [2.05, 4.69) is 26.8 Å². The SMILES string of the molecule is O=C(N1CCOCC1)N1CCC2(CC1)CCn1nc(-c3cnc4[nH]cc(Cl)c4c3)cc12. The van der Waals surface area contributed by atoms with Crippen LogP contribution in [-0.2, 0) is 16.7 Å². The summed E-state index contributed by atoms with van der Waals surface area (Å²) in [6.45, 7) is 5.18. The van der Waals surface area contributed by atoms with Gasteiger partial charge in [0.1, 0.15) is 5.65 Å². The zero-order valence-corrected chi connectivity index (χ0v) is 18.1. The van der Waals surface area contributed by atoms with Gasteiger partial charge in [-0.2, -0.15) is 5.10 Å². The fourth-order valence-electron chi connectivity index (χ4n) is 5.30. The number of carbonyl (C=O) groups is 1. The van der Waals surface area contributed by atoms with E-state index in [0.717, 1.165) is 61.2 Å². The first-order valence-corrected chi connectivity index (χ1v) is 11.3. The summed E-state index contributed by atoms with van der Waals surface area (Å²) < 4.78 is 7.53. The number of aryl methyl sites for hydroxylation is 1. The monoisotopic (exact) mass is 440 g/mol. The highest BCUT2D eigenvalue weighted by Crippen LogP contribution is 2.44. The zero-order valence-electron chi connectivity index (χ0n) is 17.3. The van der Waals surface area contributed by atoms with Crippen LogP contribution >= 0.6 is 11.6 Å². The molecule has 0 aliphatic carbocycles. The number of pyridine rings is 1. The van der Waals surface area contributed by atoms with Crippen molar-refractivity contribution in [2.45, 2.75) is 31.2 Å². The minimum absolute atomic E-state index is 0.107. The number of hydrogen-bond donors (Lipinski definition) is 1. The van der Waals surface area contributed by atoms with Crippen molar-refractivity contribution in [3.63, 3.8) is 0 Å². The van der Waals surface area contributed by atoms with E-state index in [1.165, 1.54) is 5.69 Å². The Kier molecular flexibility index (Phi) is 4.47. The number of urea groups is 1. The Balaban J connectivity index is 1.22. The van der Waals surface area contributed by atoms with Gasteiger partial charge in [-0.15, -0.1) is 0 Å². The number of ether oxygens (including phenoxy) is 1. The lowest BCUT2D eigenvalue weighted by atomic mass is 9.75. The Morgan fingerprint density at radius 1 is 1.06 bits per heavy atom. The van der Waals surface area contributed by atoms with E-state index >= 15 is 0 Å². The van der Waals surface area contributed by atoms with Crippen LogP contribution in [-0.4, -0.2) is 75.0 Å². The maximum absolute atomic E-state index is 12.9. The highest BCUT2D eigenvalue weighted by atomic mass is 35.5. The largest absolute Gasteiger partial charge is 0.378 e. The van der Waals surface area contributed by atoms with Gasteiger partial charge in [-0.25, -0.2) is 9.78 Å². The summed E-state index contributed by atoms with van der Waals surface area (Å²) in [4.78, 5) is 24.4. The van der Waals surface area contributed by atoms with E-state index in [1.807, 2.05) is 16.0 Å². The summed E-state index contributed by atoms with van der Waals surface area (Å²) in [6, 6.07) is 4.43. The molecule has 0 bridgehead atoms. The lowest BCUT2D eigenvalue weighted by Crippen LogP contribution is -2.52. The van der Waals surface area contributed by atoms with Gasteiger partial charge < -0.3 is 19.5 Å². The second-order valence-electron chi connectivity index (χ2n) is 8.79. The van der Waals surface area contributed by atoms with Crippen LogP contribution in [0.1, 0.15) is 25.0 Å². The molecule has 1 N–H and O–H groups in total. The van der Waals surface area contributed by atoms with E-state index in [1.54, 1.807) is 6.20 Å². The minimum atomic E-state index is 0.107. The number of hydrogen-bond acceptors (Lipinski definition) is 4. The number of H-pyrrole nitrogens is 1. The molecule has 0 unspecified atom stereocenters. The second kappa shape index (κ2) is 7.24. The van der Waals surface area contributed by atoms with Crippen molar-refractivity contribution in [1.29, 1.82) is 0 Å². The molecule has 6 rings (SSSR count). The quantitative estimate of drug-likeness (QED) is 0.629. The molecule has 0 saturated carbocycles. The third-order valence-corrected chi connectivity index (χ3v) is 7.49. The Bertz CT molecular complexity index is 1140. The van der Waals surface area contributed by atoms with E-state index in [0.29, 0.717) is 31.3 Å². The average molecular weight is 441 g/mol. The lowest BCUT2D eigenvalue weighted by molar-refractivity contribution is 0.0389. The van der Waals surface area contributed by atoms with Gasteiger partial charge in [0.05, 0.1) is 23.9 Å². The number of morpholine rings is 1. The Labute approximate surface area is 185 Å². The van der Waals surface area contributed by atoms with Gasteiger partial charge in [-0.3, -0.25) is 4.68 Å². The highest BCUT2D eigenvalue weighted by Gasteiger charge is 2.44. The number of aromatic nitrogens is 4. The number of piperidine rings is 1. The van der Waals surface area contributed by atoms with Crippen LogP contribution in [0, 0.1) is 0 Å². The summed E-state index contributed by atoms with van der Waals surface area (Å²) >= 11 is 6.28. The number of amides is 2. The summed E-state index contributed by atoms with van der Waals surface area (Å²) in [5.41, 5.74) is 4.10. The number of aromatic amines is 1. The van der Waals surface area contributed by atoms with Gasteiger partial charge in [0.25, 0.3) is 0 Å². The maximum atomic E-state index is 12.9. The molecule has 6 heterocycles. The van der Waals surface area contributed by atoms with Crippen LogP contribution in [0.5, 0.6) is 0 Å². The van der Waals surface area contributed by atoms with E-state index in [9.17, 15) is 4.79 Å². The molecule has 3 aliphatic rings. The van der Waals surface area contributed by atoms with Crippen molar-refractivity contribution in [2.24, 2.45) is 0 Å². The number of fused-ring (bicyclic) bond motifs is 3. The zero-order chi connectivity index (χ0) is 21.0. The van der Waals surface area contributed by atoms with Crippen molar-refractivity contribution in [3.8, 4) is 11.3 Å². The van der Waals surface area contributed by atoms with Crippen LogP contribution in [0.2, 0.25) is 5.02 Å². The van der Waals surface area contributed by atoms with Crippen LogP contribution in [0.3, 0.4) is 0 Å². The summed E-state index contributed by atoms with van der Waals surface area (Å²) in [7, 11) is 0. The van der Waals surface area contributed by atoms with Crippen LogP contribution in [0.15, 0.2) is 24.5 Å². The molecule has 31 heavy (non-hydrogen) atoms. The molecular weight excluding hydrogens is 416 g/mol. The van der Waals surface area contributed by atoms with Gasteiger partial charge in [0.15, 0.2) is 0 Å². The van der Waals surface area contributed by atoms with E-state index < -0.39 is 0 Å². The first kappa shape index (κ1) is 19.1. The standard InChI is InChI=1S/C22H25ClN6O2/c23-17-14-25-20-16(17)11-15(13-24-20)18-12-19-22(3-6-29(19)26-18)1-4-27(5-2-22)21(30)28-7-9-31-10-8-28/h11-14H,1-10H2,(H,24,25). The molecule has 3 aromatic heterocycles. The summed E-state index contributed by atoms with van der Waals surface area (Å²) in [6.07, 6.45) is 6.67. The van der Waals surface area contributed by atoms with E-state index in [-0.39, 0.29) is 11.4 Å². The third kappa shape index (κ3) is 3.11. The number of halogens is 1. The Morgan fingerprint density at radius 3 is 2.61 bits per heavy atom. The number of nitrogens with one attached hydrogen (secondary N) is 1. The molecular formula is C22H25ClN6O2. The second-order valence-corrected chi connectivity index (χ2v) is 9.20. The average Bonchev–Trinajstić information content (AvgIpc) is 3.50. The molecule has 3 aliphatic heterocycles. The lowest BCUT2D eigenvalue weighted by Gasteiger charge is -2.41. The predicted molar refractivity (Wildman–Crippen MR) is 117 cm³/mol. The molecule has 8 nitrogen and oxygen atoms in total. The molecule has 1 spiro atoms. The fourth-order valence-corrected chi connectivity index (χ4v) is 5.50. The smallest absolute Gasteiger partial charge is 0.320 e. The topological polar surface area (TPSA) is 79.3 Å². The predicted octanol–water partition coefficient (Wildman–Crippen LogP) is 3.27. The maximum Gasteiger partial charge on any atom is 0.320 e. The molecule has 9 heteroatoms.